The van der Waals surface area contributed by atoms with Gasteiger partial charge in [0, 0.05) is 18.3 Å². The van der Waals surface area contributed by atoms with Crippen LogP contribution in [-0.2, 0) is 0 Å². The molecule has 5 nitrogen and oxygen atoms in total. The molecule has 0 aromatic heterocycles. The van der Waals surface area contributed by atoms with Crippen molar-refractivity contribution in [3.05, 3.63) is 54.1 Å². The van der Waals surface area contributed by atoms with Gasteiger partial charge in [0.15, 0.2) is 11.5 Å². The van der Waals surface area contributed by atoms with E-state index in [4.69, 9.17) is 9.47 Å². The van der Waals surface area contributed by atoms with E-state index in [0.717, 1.165) is 0 Å². The van der Waals surface area contributed by atoms with Crippen LogP contribution in [0.5, 0.6) is 11.5 Å². The monoisotopic (exact) mass is 314 g/mol. The lowest BCUT2D eigenvalue weighted by Gasteiger charge is -2.14. The minimum absolute atomic E-state index is 0.243. The zero-order valence-electron chi connectivity index (χ0n) is 13.6. The molecule has 0 aliphatic rings. The summed E-state index contributed by atoms with van der Waals surface area (Å²) in [4.78, 5) is 12.0. The highest BCUT2D eigenvalue weighted by Crippen LogP contribution is 2.29. The van der Waals surface area contributed by atoms with Gasteiger partial charge in [-0.1, -0.05) is 37.3 Å². The van der Waals surface area contributed by atoms with E-state index < -0.39 is 0 Å². The molecule has 0 radical (unpaired) electrons. The second kappa shape index (κ2) is 8.08. The van der Waals surface area contributed by atoms with Crippen molar-refractivity contribution < 1.29 is 14.3 Å². The van der Waals surface area contributed by atoms with Gasteiger partial charge in [-0.15, -0.1) is 0 Å². The molecule has 0 saturated heterocycles. The fourth-order valence-corrected chi connectivity index (χ4v) is 2.23. The van der Waals surface area contributed by atoms with Gasteiger partial charge in [-0.3, -0.25) is 0 Å². The molecular formula is C18H22N2O3. The van der Waals surface area contributed by atoms with Gasteiger partial charge >= 0.3 is 6.03 Å². The van der Waals surface area contributed by atoms with Crippen LogP contribution in [0.15, 0.2) is 48.5 Å². The first-order chi connectivity index (χ1) is 11.1. The lowest BCUT2D eigenvalue weighted by atomic mass is 10.0. The number of rotatable bonds is 6. The Kier molecular flexibility index (Phi) is 5.86. The predicted molar refractivity (Wildman–Crippen MR) is 91.4 cm³/mol. The van der Waals surface area contributed by atoms with Crippen molar-refractivity contribution in [2.24, 2.45) is 0 Å². The van der Waals surface area contributed by atoms with E-state index in [0.29, 0.717) is 23.7 Å². The summed E-state index contributed by atoms with van der Waals surface area (Å²) in [5, 5.41) is 5.66. The molecule has 2 N–H and O–H groups in total. The number of nitrogens with one attached hydrogen (secondary N) is 2. The van der Waals surface area contributed by atoms with E-state index in [-0.39, 0.29) is 11.9 Å². The Morgan fingerprint density at radius 1 is 1.04 bits per heavy atom. The number of carbonyl (C=O) groups is 1. The van der Waals surface area contributed by atoms with Gasteiger partial charge in [0.2, 0.25) is 0 Å². The van der Waals surface area contributed by atoms with Crippen molar-refractivity contribution in [1.29, 1.82) is 0 Å². The zero-order chi connectivity index (χ0) is 16.7. The van der Waals surface area contributed by atoms with E-state index >= 15 is 0 Å². The van der Waals surface area contributed by atoms with E-state index in [1.54, 1.807) is 32.4 Å². The van der Waals surface area contributed by atoms with Crippen LogP contribution in [0, 0.1) is 0 Å². The summed E-state index contributed by atoms with van der Waals surface area (Å²) in [6.07, 6.45) is 0. The molecule has 0 saturated carbocycles. The summed E-state index contributed by atoms with van der Waals surface area (Å²) < 4.78 is 10.4. The van der Waals surface area contributed by atoms with Crippen LogP contribution >= 0.6 is 0 Å². The average Bonchev–Trinajstić information content (AvgIpc) is 2.60. The van der Waals surface area contributed by atoms with Gasteiger partial charge in [0.05, 0.1) is 14.2 Å². The maximum Gasteiger partial charge on any atom is 0.319 e. The molecule has 2 aromatic carbocycles. The Hall–Kier alpha value is -2.69. The molecule has 5 heteroatoms. The number of urea groups is 1. The van der Waals surface area contributed by atoms with E-state index in [9.17, 15) is 4.79 Å². The van der Waals surface area contributed by atoms with Gasteiger partial charge in [0.1, 0.15) is 0 Å². The number of benzene rings is 2. The Morgan fingerprint density at radius 2 is 1.74 bits per heavy atom. The molecule has 0 heterocycles. The minimum atomic E-state index is -0.250. The Morgan fingerprint density at radius 3 is 2.39 bits per heavy atom. The molecule has 2 rings (SSSR count). The summed E-state index contributed by atoms with van der Waals surface area (Å²) in [6.45, 7) is 2.63. The molecule has 2 amide bonds. The van der Waals surface area contributed by atoms with Crippen molar-refractivity contribution in [3.8, 4) is 11.5 Å². The van der Waals surface area contributed by atoms with Crippen LogP contribution in [0.3, 0.4) is 0 Å². The fraction of sp³-hybridized carbons (Fsp3) is 0.278. The number of methoxy groups -OCH3 is 2. The molecule has 23 heavy (non-hydrogen) atoms. The molecular weight excluding hydrogens is 292 g/mol. The number of anilines is 1. The molecule has 0 fully saturated rings. The highest BCUT2D eigenvalue weighted by molar-refractivity contribution is 5.89. The molecule has 1 unspecified atom stereocenters. The van der Waals surface area contributed by atoms with Gasteiger partial charge in [-0.2, -0.15) is 0 Å². The van der Waals surface area contributed by atoms with Crippen LogP contribution < -0.4 is 20.1 Å². The second-order valence-corrected chi connectivity index (χ2v) is 5.22. The van der Waals surface area contributed by atoms with Crippen molar-refractivity contribution in [3.63, 3.8) is 0 Å². The summed E-state index contributed by atoms with van der Waals surface area (Å²) >= 11 is 0. The van der Waals surface area contributed by atoms with Gasteiger partial charge in [-0.05, 0) is 23.6 Å². The Labute approximate surface area is 136 Å². The molecule has 0 aliphatic carbocycles. The zero-order valence-corrected chi connectivity index (χ0v) is 13.6. The van der Waals surface area contributed by atoms with Gasteiger partial charge < -0.3 is 20.1 Å². The predicted octanol–water partition coefficient (Wildman–Crippen LogP) is 3.63. The number of hydrogen-bond acceptors (Lipinski definition) is 3. The first-order valence-corrected chi connectivity index (χ1v) is 7.46. The second-order valence-electron chi connectivity index (χ2n) is 5.22. The normalized spacial score (nSPS) is 11.4. The first kappa shape index (κ1) is 16.7. The SMILES string of the molecule is COc1ccc(NC(=O)NCC(C)c2ccccc2)cc1OC. The highest BCUT2D eigenvalue weighted by Gasteiger charge is 2.09. The van der Waals surface area contributed by atoms with Crippen LogP contribution in [-0.4, -0.2) is 26.8 Å². The molecule has 2 aromatic rings. The quantitative estimate of drug-likeness (QED) is 0.856. The van der Waals surface area contributed by atoms with Crippen molar-refractivity contribution >= 4 is 11.7 Å². The molecule has 1 atom stereocenters. The van der Waals surface area contributed by atoms with E-state index in [2.05, 4.69) is 29.7 Å². The lowest BCUT2D eigenvalue weighted by Crippen LogP contribution is -2.31. The van der Waals surface area contributed by atoms with Crippen molar-refractivity contribution in [1.82, 2.24) is 5.32 Å². The maximum absolute atomic E-state index is 12.0. The summed E-state index contributed by atoms with van der Waals surface area (Å²) in [5.41, 5.74) is 1.84. The standard InChI is InChI=1S/C18H22N2O3/c1-13(14-7-5-4-6-8-14)12-19-18(21)20-15-9-10-16(22-2)17(11-15)23-3/h4-11,13H,12H2,1-3H3,(H2,19,20,21). The lowest BCUT2D eigenvalue weighted by molar-refractivity contribution is 0.251. The summed E-state index contributed by atoms with van der Waals surface area (Å²) in [7, 11) is 3.13. The minimum Gasteiger partial charge on any atom is -0.493 e. The molecule has 122 valence electrons. The smallest absolute Gasteiger partial charge is 0.319 e. The summed E-state index contributed by atoms with van der Waals surface area (Å²) in [5.74, 6) is 1.44. The third-order valence-electron chi connectivity index (χ3n) is 3.58. The van der Waals surface area contributed by atoms with Gasteiger partial charge in [-0.25, -0.2) is 4.79 Å². The molecule has 0 bridgehead atoms. The first-order valence-electron chi connectivity index (χ1n) is 7.46. The Bertz CT molecular complexity index is 644. The van der Waals surface area contributed by atoms with Crippen LogP contribution in [0.1, 0.15) is 18.4 Å². The van der Waals surface area contributed by atoms with Crippen LogP contribution in [0.4, 0.5) is 10.5 Å². The number of ether oxygens (including phenoxy) is 2. The number of amides is 2. The number of hydrogen-bond donors (Lipinski definition) is 2. The van der Waals surface area contributed by atoms with Gasteiger partial charge in [0.25, 0.3) is 0 Å². The van der Waals surface area contributed by atoms with Crippen molar-refractivity contribution in [2.75, 3.05) is 26.1 Å². The molecule has 0 spiro atoms. The number of carbonyl (C=O) groups excluding carboxylic acids is 1. The van der Waals surface area contributed by atoms with Crippen LogP contribution in [0.2, 0.25) is 0 Å². The highest BCUT2D eigenvalue weighted by atomic mass is 16.5. The topological polar surface area (TPSA) is 59.6 Å². The van der Waals surface area contributed by atoms with E-state index in [1.807, 2.05) is 18.2 Å². The largest absolute Gasteiger partial charge is 0.493 e. The van der Waals surface area contributed by atoms with E-state index in [1.165, 1.54) is 5.56 Å². The summed E-state index contributed by atoms with van der Waals surface area (Å²) in [6, 6.07) is 15.1. The average molecular weight is 314 g/mol. The van der Waals surface area contributed by atoms with Crippen LogP contribution in [0.25, 0.3) is 0 Å². The Balaban J connectivity index is 1.90. The molecule has 0 aliphatic heterocycles. The maximum atomic E-state index is 12.0. The van der Waals surface area contributed by atoms with Crippen molar-refractivity contribution in [2.45, 2.75) is 12.8 Å². The fourth-order valence-electron chi connectivity index (χ4n) is 2.23. The third kappa shape index (κ3) is 4.64. The third-order valence-corrected chi connectivity index (χ3v) is 3.58.